The third-order valence-electron chi connectivity index (χ3n) is 5.16. The lowest BCUT2D eigenvalue weighted by Crippen LogP contribution is -2.62. The lowest BCUT2D eigenvalue weighted by Gasteiger charge is -2.45. The Bertz CT molecular complexity index is 837. The van der Waals surface area contributed by atoms with Gasteiger partial charge in [0, 0.05) is 26.8 Å². The third-order valence-corrected chi connectivity index (χ3v) is 6.51. The Morgan fingerprint density at radius 2 is 2.00 bits per heavy atom. The second-order valence-corrected chi connectivity index (χ2v) is 8.77. The number of aliphatic hydroxyl groups is 3. The van der Waals surface area contributed by atoms with Gasteiger partial charge >= 0.3 is 0 Å². The molecule has 0 radical (unpaired) electrons. The van der Waals surface area contributed by atoms with E-state index in [2.05, 4.69) is 19.1 Å². The molecule has 1 spiro atoms. The van der Waals surface area contributed by atoms with E-state index in [1.165, 1.54) is 9.75 Å². The van der Waals surface area contributed by atoms with Gasteiger partial charge in [-0.1, -0.05) is 11.6 Å². The zero-order valence-corrected chi connectivity index (χ0v) is 16.0. The Morgan fingerprint density at radius 1 is 1.23 bits per heavy atom. The first kappa shape index (κ1) is 18.4. The van der Waals surface area contributed by atoms with E-state index >= 15 is 0 Å². The number of benzene rings is 1. The Kier molecular flexibility index (Phi) is 4.64. The van der Waals surface area contributed by atoms with Crippen LogP contribution in [-0.2, 0) is 28.3 Å². The van der Waals surface area contributed by atoms with Crippen molar-refractivity contribution in [2.75, 3.05) is 0 Å². The van der Waals surface area contributed by atoms with Crippen molar-refractivity contribution in [1.29, 1.82) is 0 Å². The number of rotatable bonds is 2. The molecule has 0 amide bonds. The van der Waals surface area contributed by atoms with E-state index in [4.69, 9.17) is 21.1 Å². The number of aryl methyl sites for hydroxylation is 1. The highest BCUT2D eigenvalue weighted by molar-refractivity contribution is 7.11. The van der Waals surface area contributed by atoms with Gasteiger partial charge in [0.1, 0.15) is 18.3 Å². The maximum Gasteiger partial charge on any atom is 0.225 e. The lowest BCUT2D eigenvalue weighted by atomic mass is 9.87. The van der Waals surface area contributed by atoms with Crippen LogP contribution in [0.15, 0.2) is 24.3 Å². The molecule has 1 fully saturated rings. The molecule has 1 aromatic carbocycles. The lowest BCUT2D eigenvalue weighted by molar-refractivity contribution is -0.362. The fourth-order valence-electron chi connectivity index (χ4n) is 3.72. The third kappa shape index (κ3) is 2.81. The molecule has 0 unspecified atom stereocenters. The minimum atomic E-state index is -1.49. The largest absolute Gasteiger partial charge is 0.388 e. The summed E-state index contributed by atoms with van der Waals surface area (Å²) in [6.07, 6.45) is -3.95. The van der Waals surface area contributed by atoms with E-state index in [1.807, 2.05) is 12.1 Å². The second-order valence-electron chi connectivity index (χ2n) is 7.00. The summed E-state index contributed by atoms with van der Waals surface area (Å²) >= 11 is 8.17. The zero-order chi connectivity index (χ0) is 18.6. The zero-order valence-electron chi connectivity index (χ0n) is 14.5. The maximum absolute atomic E-state index is 10.6. The predicted octanol–water partition coefficient (Wildman–Crippen LogP) is 2.49. The number of hydrogen-bond donors (Lipinski definition) is 3. The van der Waals surface area contributed by atoms with Crippen LogP contribution in [0.5, 0.6) is 0 Å². The molecule has 0 saturated carbocycles. The Hall–Kier alpha value is -0.990. The number of ether oxygens (including phenoxy) is 2. The fourth-order valence-corrected chi connectivity index (χ4v) is 4.88. The summed E-state index contributed by atoms with van der Waals surface area (Å²) in [7, 11) is 0. The van der Waals surface area contributed by atoms with Crippen molar-refractivity contribution < 1.29 is 24.8 Å². The summed E-state index contributed by atoms with van der Waals surface area (Å²) in [6.45, 7) is 3.93. The second kappa shape index (κ2) is 6.56. The summed E-state index contributed by atoms with van der Waals surface area (Å²) < 4.78 is 11.7. The molecular formula is C19H21ClO5S. The van der Waals surface area contributed by atoms with Crippen molar-refractivity contribution >= 4 is 22.9 Å². The van der Waals surface area contributed by atoms with Gasteiger partial charge < -0.3 is 24.8 Å². The molecule has 1 saturated heterocycles. The summed E-state index contributed by atoms with van der Waals surface area (Å²) in [5, 5.41) is 31.5. The Balaban J connectivity index is 1.75. The molecule has 0 aliphatic carbocycles. The molecule has 2 aromatic rings. The number of hydrogen-bond acceptors (Lipinski definition) is 6. The highest BCUT2D eigenvalue weighted by Crippen LogP contribution is 2.47. The standard InChI is InChI=1S/C19H21ClO5S/c1-9-3-4-13(26-9)5-11-6-14-12(7-15(11)20)8-24-19(14)18(23)17(22)16(21)10(2)25-19/h3-4,6-7,10,16-18,21-23H,5,8H2,1-2H3/t10-,16-,17+,18-,19+/m1/s1. The van der Waals surface area contributed by atoms with Gasteiger partial charge in [0.05, 0.1) is 12.7 Å². The van der Waals surface area contributed by atoms with E-state index in [-0.39, 0.29) is 6.61 Å². The van der Waals surface area contributed by atoms with E-state index in [0.717, 1.165) is 11.1 Å². The SMILES string of the molecule is Cc1ccc(Cc2cc3c(cc2Cl)CO[C@]32O[C@H](C)[C@@H](O)[C@H](O)[C@H]2O)s1. The molecule has 1 aromatic heterocycles. The summed E-state index contributed by atoms with van der Waals surface area (Å²) in [5.41, 5.74) is 2.38. The van der Waals surface area contributed by atoms with Gasteiger partial charge in [-0.25, -0.2) is 0 Å². The number of fused-ring (bicyclic) bond motifs is 2. The van der Waals surface area contributed by atoms with Gasteiger partial charge in [-0.3, -0.25) is 0 Å². The van der Waals surface area contributed by atoms with Crippen LogP contribution in [0.1, 0.15) is 33.4 Å². The first-order chi connectivity index (χ1) is 12.3. The quantitative estimate of drug-likeness (QED) is 0.726. The monoisotopic (exact) mass is 396 g/mol. The van der Waals surface area contributed by atoms with Crippen LogP contribution in [0.3, 0.4) is 0 Å². The molecule has 5 nitrogen and oxygen atoms in total. The van der Waals surface area contributed by atoms with Crippen LogP contribution in [0, 0.1) is 6.92 Å². The Morgan fingerprint density at radius 3 is 2.69 bits per heavy atom. The van der Waals surface area contributed by atoms with Crippen LogP contribution < -0.4 is 0 Å². The van der Waals surface area contributed by atoms with E-state index in [0.29, 0.717) is 17.0 Å². The number of thiophene rings is 1. The van der Waals surface area contributed by atoms with Crippen LogP contribution in [0.4, 0.5) is 0 Å². The molecule has 140 valence electrons. The Labute approximate surface area is 160 Å². The van der Waals surface area contributed by atoms with Crippen molar-refractivity contribution in [3.63, 3.8) is 0 Å². The van der Waals surface area contributed by atoms with Crippen molar-refractivity contribution in [2.45, 2.75) is 57.1 Å². The summed E-state index contributed by atoms with van der Waals surface area (Å²) in [5.74, 6) is -1.49. The average Bonchev–Trinajstić information content (AvgIpc) is 3.16. The van der Waals surface area contributed by atoms with Crippen LogP contribution >= 0.6 is 22.9 Å². The van der Waals surface area contributed by atoms with Gasteiger partial charge in [0.2, 0.25) is 5.79 Å². The first-order valence-corrected chi connectivity index (χ1v) is 9.74. The van der Waals surface area contributed by atoms with Gasteiger partial charge in [-0.05, 0) is 49.2 Å². The van der Waals surface area contributed by atoms with E-state index in [9.17, 15) is 15.3 Å². The molecule has 7 heteroatoms. The number of halogens is 1. The molecule has 3 N–H and O–H groups in total. The molecule has 3 heterocycles. The van der Waals surface area contributed by atoms with Crippen LogP contribution in [0.25, 0.3) is 0 Å². The van der Waals surface area contributed by atoms with Crippen LogP contribution in [-0.4, -0.2) is 39.7 Å². The minimum absolute atomic E-state index is 0.222. The van der Waals surface area contributed by atoms with Gasteiger partial charge in [-0.15, -0.1) is 11.3 Å². The molecule has 2 aliphatic heterocycles. The average molecular weight is 397 g/mol. The van der Waals surface area contributed by atoms with Crippen molar-refractivity contribution in [2.24, 2.45) is 0 Å². The molecule has 0 bridgehead atoms. The molecule has 2 aliphatic rings. The van der Waals surface area contributed by atoms with E-state index < -0.39 is 30.2 Å². The minimum Gasteiger partial charge on any atom is -0.388 e. The topological polar surface area (TPSA) is 79.2 Å². The van der Waals surface area contributed by atoms with Gasteiger partial charge in [-0.2, -0.15) is 0 Å². The van der Waals surface area contributed by atoms with Crippen molar-refractivity contribution in [3.05, 3.63) is 55.7 Å². The van der Waals surface area contributed by atoms with Gasteiger partial charge in [0.15, 0.2) is 0 Å². The molecule has 26 heavy (non-hydrogen) atoms. The highest BCUT2D eigenvalue weighted by Gasteiger charge is 2.57. The molecular weight excluding hydrogens is 376 g/mol. The smallest absolute Gasteiger partial charge is 0.225 e. The fraction of sp³-hybridized carbons (Fsp3) is 0.474. The predicted molar refractivity (Wildman–Crippen MR) is 98.3 cm³/mol. The summed E-state index contributed by atoms with van der Waals surface area (Å²) in [6, 6.07) is 7.86. The van der Waals surface area contributed by atoms with Crippen LogP contribution in [0.2, 0.25) is 5.02 Å². The first-order valence-electron chi connectivity index (χ1n) is 8.55. The molecule has 5 atom stereocenters. The highest BCUT2D eigenvalue weighted by atomic mass is 35.5. The van der Waals surface area contributed by atoms with E-state index in [1.54, 1.807) is 18.3 Å². The molecule has 4 rings (SSSR count). The number of aliphatic hydroxyl groups excluding tert-OH is 3. The van der Waals surface area contributed by atoms with Gasteiger partial charge in [0.25, 0.3) is 0 Å². The normalized spacial score (nSPS) is 33.6. The summed E-state index contributed by atoms with van der Waals surface area (Å²) in [4.78, 5) is 2.42. The van der Waals surface area contributed by atoms with Crippen molar-refractivity contribution in [1.82, 2.24) is 0 Å². The van der Waals surface area contributed by atoms with Crippen molar-refractivity contribution in [3.8, 4) is 0 Å². The maximum atomic E-state index is 10.6.